The van der Waals surface area contributed by atoms with E-state index in [9.17, 15) is 4.39 Å². The lowest BCUT2D eigenvalue weighted by atomic mass is 10.0. The highest BCUT2D eigenvalue weighted by molar-refractivity contribution is 6.18. The minimum atomic E-state index is -0.182. The van der Waals surface area contributed by atoms with E-state index in [2.05, 4.69) is 19.2 Å². The average molecular weight is 258 g/mol. The van der Waals surface area contributed by atoms with Crippen LogP contribution in [0.2, 0.25) is 0 Å². The highest BCUT2D eigenvalue weighted by Crippen LogP contribution is 2.12. The Balaban J connectivity index is 2.56. The summed E-state index contributed by atoms with van der Waals surface area (Å²) in [6, 6.07) is 5.18. The second kappa shape index (κ2) is 6.97. The van der Waals surface area contributed by atoms with Gasteiger partial charge in [-0.1, -0.05) is 19.9 Å². The number of hydrogen-bond donors (Lipinski definition) is 1. The molecule has 0 radical (unpaired) electrons. The van der Waals surface area contributed by atoms with E-state index in [1.54, 1.807) is 6.07 Å². The first-order valence-electron chi connectivity index (χ1n) is 6.07. The Hall–Kier alpha value is -0.600. The van der Waals surface area contributed by atoms with E-state index >= 15 is 0 Å². The van der Waals surface area contributed by atoms with E-state index < -0.39 is 0 Å². The van der Waals surface area contributed by atoms with Crippen LogP contribution in [0.3, 0.4) is 0 Å². The van der Waals surface area contributed by atoms with Crippen LogP contribution < -0.4 is 5.32 Å². The zero-order valence-corrected chi connectivity index (χ0v) is 11.5. The molecule has 0 fully saturated rings. The molecular formula is C14H21ClFN. The monoisotopic (exact) mass is 257 g/mol. The van der Waals surface area contributed by atoms with Gasteiger partial charge in [0.2, 0.25) is 0 Å². The molecule has 1 nitrogen and oxygen atoms in total. The number of aryl methyl sites for hydroxylation is 1. The number of nitrogens with one attached hydrogen (secondary N) is 1. The van der Waals surface area contributed by atoms with Crippen LogP contribution in [0, 0.1) is 18.7 Å². The lowest BCUT2D eigenvalue weighted by Crippen LogP contribution is -2.31. The van der Waals surface area contributed by atoms with Crippen LogP contribution in [0.15, 0.2) is 18.2 Å². The Bertz CT molecular complexity index is 352. The molecule has 0 spiro atoms. The van der Waals surface area contributed by atoms with Gasteiger partial charge in [0, 0.05) is 18.5 Å². The van der Waals surface area contributed by atoms with Crippen LogP contribution in [-0.4, -0.2) is 11.9 Å². The van der Waals surface area contributed by atoms with Crippen LogP contribution in [0.4, 0.5) is 4.39 Å². The second-order valence-electron chi connectivity index (χ2n) is 4.93. The molecule has 0 saturated heterocycles. The topological polar surface area (TPSA) is 12.0 Å². The van der Waals surface area contributed by atoms with Gasteiger partial charge in [-0.15, -0.1) is 11.6 Å². The Morgan fingerprint density at radius 3 is 2.65 bits per heavy atom. The Morgan fingerprint density at radius 2 is 2.06 bits per heavy atom. The molecule has 0 bridgehead atoms. The molecule has 0 amide bonds. The summed E-state index contributed by atoms with van der Waals surface area (Å²) in [5, 5.41) is 3.39. The molecule has 0 heterocycles. The lowest BCUT2D eigenvalue weighted by molar-refractivity contribution is 0.444. The predicted octanol–water partition coefficient (Wildman–Crippen LogP) is 3.88. The van der Waals surface area contributed by atoms with Gasteiger partial charge in [0.1, 0.15) is 5.82 Å². The largest absolute Gasteiger partial charge is 0.309 e. The normalized spacial score (nSPS) is 13.1. The number of hydrogen-bond acceptors (Lipinski definition) is 1. The molecule has 1 rings (SSSR count). The molecule has 1 unspecified atom stereocenters. The first-order valence-corrected chi connectivity index (χ1v) is 6.60. The third-order valence-electron chi connectivity index (χ3n) is 2.83. The molecule has 1 atom stereocenters. The number of rotatable bonds is 6. The third-order valence-corrected chi connectivity index (χ3v) is 3.21. The molecule has 96 valence electrons. The van der Waals surface area contributed by atoms with Gasteiger partial charge in [-0.05, 0) is 42.5 Å². The first-order chi connectivity index (χ1) is 8.02. The van der Waals surface area contributed by atoms with Crippen LogP contribution in [0.1, 0.15) is 31.4 Å². The fourth-order valence-electron chi connectivity index (χ4n) is 1.85. The summed E-state index contributed by atoms with van der Waals surface area (Å²) in [6.07, 6.45) is 1.04. The smallest absolute Gasteiger partial charge is 0.123 e. The van der Waals surface area contributed by atoms with E-state index in [-0.39, 0.29) is 5.82 Å². The Kier molecular flexibility index (Phi) is 5.93. The van der Waals surface area contributed by atoms with E-state index in [4.69, 9.17) is 11.6 Å². The molecular weight excluding hydrogens is 237 g/mol. The third kappa shape index (κ3) is 5.05. The standard InChI is InChI=1S/C14H21ClFN/c1-10(2)6-14(8-15)17-9-12-7-13(16)5-4-11(12)3/h4-5,7,10,14,17H,6,8-9H2,1-3H3. The summed E-state index contributed by atoms with van der Waals surface area (Å²) in [6.45, 7) is 7.02. The van der Waals surface area contributed by atoms with E-state index in [1.165, 1.54) is 6.07 Å². The summed E-state index contributed by atoms with van der Waals surface area (Å²) in [5.74, 6) is 1.02. The average Bonchev–Trinajstić information content (AvgIpc) is 2.28. The van der Waals surface area contributed by atoms with Crippen LogP contribution in [0.5, 0.6) is 0 Å². The van der Waals surface area contributed by atoms with Crippen molar-refractivity contribution in [2.45, 2.75) is 39.8 Å². The quantitative estimate of drug-likeness (QED) is 0.763. The van der Waals surface area contributed by atoms with Crippen molar-refractivity contribution in [2.75, 3.05) is 5.88 Å². The molecule has 17 heavy (non-hydrogen) atoms. The zero-order chi connectivity index (χ0) is 12.8. The van der Waals surface area contributed by atoms with Gasteiger partial charge in [-0.3, -0.25) is 0 Å². The minimum Gasteiger partial charge on any atom is -0.309 e. The van der Waals surface area contributed by atoms with Gasteiger partial charge in [0.05, 0.1) is 0 Å². The second-order valence-corrected chi connectivity index (χ2v) is 5.24. The number of halogens is 2. The summed E-state index contributed by atoms with van der Waals surface area (Å²) in [5.41, 5.74) is 2.11. The molecule has 1 N–H and O–H groups in total. The molecule has 1 aromatic carbocycles. The van der Waals surface area contributed by atoms with Crippen LogP contribution in [-0.2, 0) is 6.54 Å². The fraction of sp³-hybridized carbons (Fsp3) is 0.571. The summed E-state index contributed by atoms with van der Waals surface area (Å²) >= 11 is 5.91. The van der Waals surface area contributed by atoms with Crippen molar-refractivity contribution in [1.82, 2.24) is 5.32 Å². The van der Waals surface area contributed by atoms with Crippen LogP contribution in [0.25, 0.3) is 0 Å². The van der Waals surface area contributed by atoms with E-state index in [0.29, 0.717) is 24.4 Å². The first kappa shape index (κ1) is 14.5. The Labute approximate surface area is 108 Å². The summed E-state index contributed by atoms with van der Waals surface area (Å²) < 4.78 is 13.1. The molecule has 0 aromatic heterocycles. The molecule has 1 aromatic rings. The maximum absolute atomic E-state index is 13.1. The number of alkyl halides is 1. The minimum absolute atomic E-state index is 0.182. The lowest BCUT2D eigenvalue weighted by Gasteiger charge is -2.18. The zero-order valence-electron chi connectivity index (χ0n) is 10.8. The SMILES string of the molecule is Cc1ccc(F)cc1CNC(CCl)CC(C)C. The van der Waals surface area contributed by atoms with Gasteiger partial charge in [0.25, 0.3) is 0 Å². The molecule has 3 heteroatoms. The van der Waals surface area contributed by atoms with Crippen molar-refractivity contribution in [3.05, 3.63) is 35.1 Å². The molecule has 0 aliphatic carbocycles. The molecule has 0 saturated carbocycles. The fourth-order valence-corrected chi connectivity index (χ4v) is 2.09. The molecule has 0 aliphatic rings. The van der Waals surface area contributed by atoms with Crippen molar-refractivity contribution < 1.29 is 4.39 Å². The maximum Gasteiger partial charge on any atom is 0.123 e. The summed E-state index contributed by atoms with van der Waals surface area (Å²) in [7, 11) is 0. The Morgan fingerprint density at radius 1 is 1.35 bits per heavy atom. The predicted molar refractivity (Wildman–Crippen MR) is 71.9 cm³/mol. The van der Waals surface area contributed by atoms with Crippen molar-refractivity contribution in [1.29, 1.82) is 0 Å². The van der Waals surface area contributed by atoms with Crippen molar-refractivity contribution in [3.8, 4) is 0 Å². The van der Waals surface area contributed by atoms with Crippen molar-refractivity contribution in [2.24, 2.45) is 5.92 Å². The van der Waals surface area contributed by atoms with Gasteiger partial charge in [0.15, 0.2) is 0 Å². The molecule has 0 aliphatic heterocycles. The van der Waals surface area contributed by atoms with E-state index in [1.807, 2.05) is 13.0 Å². The van der Waals surface area contributed by atoms with Crippen LogP contribution >= 0.6 is 11.6 Å². The highest BCUT2D eigenvalue weighted by atomic mass is 35.5. The van der Waals surface area contributed by atoms with Gasteiger partial charge < -0.3 is 5.32 Å². The summed E-state index contributed by atoms with van der Waals surface area (Å²) in [4.78, 5) is 0. The van der Waals surface area contributed by atoms with E-state index in [0.717, 1.165) is 17.5 Å². The van der Waals surface area contributed by atoms with Gasteiger partial charge in [-0.25, -0.2) is 4.39 Å². The van der Waals surface area contributed by atoms with Gasteiger partial charge in [-0.2, -0.15) is 0 Å². The maximum atomic E-state index is 13.1. The van der Waals surface area contributed by atoms with Crippen molar-refractivity contribution in [3.63, 3.8) is 0 Å². The van der Waals surface area contributed by atoms with Crippen molar-refractivity contribution >= 4 is 11.6 Å². The number of benzene rings is 1. The van der Waals surface area contributed by atoms with Gasteiger partial charge >= 0.3 is 0 Å². The highest BCUT2D eigenvalue weighted by Gasteiger charge is 2.09.